The summed E-state index contributed by atoms with van der Waals surface area (Å²) in [7, 11) is 0. The van der Waals surface area contributed by atoms with Gasteiger partial charge in [-0.25, -0.2) is 0 Å². The number of amides is 1. The molecule has 0 spiro atoms. The lowest BCUT2D eigenvalue weighted by Crippen LogP contribution is -2.37. The van der Waals surface area contributed by atoms with Crippen molar-refractivity contribution in [2.24, 2.45) is 17.6 Å². The molecule has 1 aromatic heterocycles. The third-order valence-electron chi connectivity index (χ3n) is 4.76. The van der Waals surface area contributed by atoms with E-state index in [1.807, 2.05) is 42.5 Å². The third kappa shape index (κ3) is 5.16. The lowest BCUT2D eigenvalue weighted by atomic mass is 9.95. The number of rotatable bonds is 7. The van der Waals surface area contributed by atoms with Crippen LogP contribution in [0.25, 0.3) is 11.3 Å². The molecule has 0 aliphatic heterocycles. The Kier molecular flexibility index (Phi) is 7.81. The van der Waals surface area contributed by atoms with Crippen LogP contribution in [0.2, 0.25) is 0 Å². The van der Waals surface area contributed by atoms with Crippen LogP contribution in [0.15, 0.2) is 42.5 Å². The molecule has 0 radical (unpaired) electrons. The van der Waals surface area contributed by atoms with E-state index in [-0.39, 0.29) is 24.2 Å². The third-order valence-corrected chi connectivity index (χ3v) is 4.76. The molecule has 7 heteroatoms. The Morgan fingerprint density at radius 3 is 2.58 bits per heavy atom. The number of anilines is 1. The van der Waals surface area contributed by atoms with E-state index >= 15 is 0 Å². The van der Waals surface area contributed by atoms with E-state index in [0.29, 0.717) is 31.4 Å². The summed E-state index contributed by atoms with van der Waals surface area (Å²) in [4.78, 5) is 12.2. The van der Waals surface area contributed by atoms with Gasteiger partial charge in [-0.15, -0.1) is 22.6 Å². The SMILES string of the molecule is Cl.NC[C@H]1CCC[C@H]1C(=O)NCCNc1ccc(-c2ccccc2)nn1. The van der Waals surface area contributed by atoms with E-state index in [1.54, 1.807) is 0 Å². The molecule has 1 aromatic carbocycles. The van der Waals surface area contributed by atoms with Gasteiger partial charge < -0.3 is 16.4 Å². The summed E-state index contributed by atoms with van der Waals surface area (Å²) in [6, 6.07) is 13.8. The van der Waals surface area contributed by atoms with Crippen LogP contribution in [0.1, 0.15) is 19.3 Å². The first-order valence-corrected chi connectivity index (χ1v) is 8.88. The van der Waals surface area contributed by atoms with Crippen molar-refractivity contribution in [3.63, 3.8) is 0 Å². The van der Waals surface area contributed by atoms with E-state index < -0.39 is 0 Å². The molecule has 1 aliphatic rings. The molecule has 1 saturated carbocycles. The van der Waals surface area contributed by atoms with Gasteiger partial charge >= 0.3 is 0 Å². The molecule has 1 aliphatic carbocycles. The molecule has 6 nitrogen and oxygen atoms in total. The number of nitrogens with zero attached hydrogens (tertiary/aromatic N) is 2. The van der Waals surface area contributed by atoms with Crippen LogP contribution in [0.5, 0.6) is 0 Å². The predicted octanol–water partition coefficient (Wildman–Crippen LogP) is 2.47. The normalized spacial score (nSPS) is 18.8. The maximum Gasteiger partial charge on any atom is 0.223 e. The van der Waals surface area contributed by atoms with Crippen LogP contribution >= 0.6 is 12.4 Å². The van der Waals surface area contributed by atoms with E-state index in [4.69, 9.17) is 5.73 Å². The highest BCUT2D eigenvalue weighted by atomic mass is 35.5. The second kappa shape index (κ2) is 10.1. The average molecular weight is 376 g/mol. The van der Waals surface area contributed by atoms with Gasteiger partial charge in [0.25, 0.3) is 0 Å². The first-order chi connectivity index (χ1) is 12.3. The number of aromatic nitrogens is 2. The molecular formula is C19H26ClN5O. The van der Waals surface area contributed by atoms with Gasteiger partial charge in [-0.2, -0.15) is 0 Å². The number of hydrogen-bond acceptors (Lipinski definition) is 5. The molecular weight excluding hydrogens is 350 g/mol. The summed E-state index contributed by atoms with van der Waals surface area (Å²) in [5.41, 5.74) is 7.62. The lowest BCUT2D eigenvalue weighted by molar-refractivity contribution is -0.125. The molecule has 0 unspecified atom stereocenters. The maximum atomic E-state index is 12.2. The van der Waals surface area contributed by atoms with Crippen LogP contribution in [0, 0.1) is 11.8 Å². The Balaban J connectivity index is 0.00000243. The number of halogens is 1. The predicted molar refractivity (Wildman–Crippen MR) is 106 cm³/mol. The molecule has 3 rings (SSSR count). The second-order valence-electron chi connectivity index (χ2n) is 6.42. The number of carbonyl (C=O) groups is 1. The van der Waals surface area contributed by atoms with Gasteiger partial charge in [0.2, 0.25) is 5.91 Å². The number of nitrogens with two attached hydrogens (primary N) is 1. The summed E-state index contributed by atoms with van der Waals surface area (Å²) < 4.78 is 0. The van der Waals surface area contributed by atoms with Crippen molar-refractivity contribution >= 4 is 24.1 Å². The molecule has 2 aromatic rings. The summed E-state index contributed by atoms with van der Waals surface area (Å²) in [5, 5.41) is 14.6. The number of hydrogen-bond donors (Lipinski definition) is 3. The topological polar surface area (TPSA) is 92.9 Å². The van der Waals surface area contributed by atoms with Crippen molar-refractivity contribution in [2.45, 2.75) is 19.3 Å². The van der Waals surface area contributed by atoms with Crippen molar-refractivity contribution in [3.8, 4) is 11.3 Å². The largest absolute Gasteiger partial charge is 0.367 e. The van der Waals surface area contributed by atoms with Gasteiger partial charge in [-0.3, -0.25) is 4.79 Å². The highest BCUT2D eigenvalue weighted by Crippen LogP contribution is 2.30. The second-order valence-corrected chi connectivity index (χ2v) is 6.42. The fourth-order valence-corrected chi connectivity index (χ4v) is 3.36. The molecule has 1 fully saturated rings. The molecule has 0 saturated heterocycles. The van der Waals surface area contributed by atoms with Crippen molar-refractivity contribution < 1.29 is 4.79 Å². The number of carbonyl (C=O) groups excluding carboxylic acids is 1. The lowest BCUT2D eigenvalue weighted by Gasteiger charge is -2.17. The Labute approximate surface area is 160 Å². The highest BCUT2D eigenvalue weighted by molar-refractivity contribution is 5.85. The highest BCUT2D eigenvalue weighted by Gasteiger charge is 2.31. The zero-order valence-corrected chi connectivity index (χ0v) is 15.5. The minimum absolute atomic E-state index is 0. The van der Waals surface area contributed by atoms with E-state index in [0.717, 1.165) is 30.5 Å². The van der Waals surface area contributed by atoms with Gasteiger partial charge in [0.15, 0.2) is 0 Å². The fourth-order valence-electron chi connectivity index (χ4n) is 3.36. The minimum atomic E-state index is 0. The van der Waals surface area contributed by atoms with Crippen LogP contribution < -0.4 is 16.4 Å². The summed E-state index contributed by atoms with van der Waals surface area (Å²) >= 11 is 0. The Morgan fingerprint density at radius 1 is 1.08 bits per heavy atom. The zero-order valence-electron chi connectivity index (χ0n) is 14.7. The maximum absolute atomic E-state index is 12.2. The summed E-state index contributed by atoms with van der Waals surface area (Å²) in [5.74, 6) is 1.24. The van der Waals surface area contributed by atoms with E-state index in [9.17, 15) is 4.79 Å². The van der Waals surface area contributed by atoms with Gasteiger partial charge in [-0.05, 0) is 37.4 Å². The molecule has 2 atom stereocenters. The monoisotopic (exact) mass is 375 g/mol. The number of benzene rings is 1. The van der Waals surface area contributed by atoms with Gasteiger partial charge in [0, 0.05) is 24.6 Å². The van der Waals surface area contributed by atoms with Crippen molar-refractivity contribution in [1.82, 2.24) is 15.5 Å². The molecule has 26 heavy (non-hydrogen) atoms. The van der Waals surface area contributed by atoms with Gasteiger partial charge in [-0.1, -0.05) is 36.8 Å². The van der Waals surface area contributed by atoms with Crippen LogP contribution in [-0.2, 0) is 4.79 Å². The molecule has 0 bridgehead atoms. The quantitative estimate of drug-likeness (QED) is 0.646. The number of nitrogens with one attached hydrogen (secondary N) is 2. The Morgan fingerprint density at radius 2 is 1.88 bits per heavy atom. The molecule has 4 N–H and O–H groups in total. The van der Waals surface area contributed by atoms with Crippen LogP contribution in [0.3, 0.4) is 0 Å². The molecule has 1 amide bonds. The zero-order chi connectivity index (χ0) is 17.5. The van der Waals surface area contributed by atoms with Crippen LogP contribution in [-0.4, -0.2) is 35.7 Å². The fraction of sp³-hybridized carbons (Fsp3) is 0.421. The van der Waals surface area contributed by atoms with E-state index in [1.165, 1.54) is 0 Å². The Bertz CT molecular complexity index is 680. The molecule has 1 heterocycles. The summed E-state index contributed by atoms with van der Waals surface area (Å²) in [6.07, 6.45) is 3.12. The van der Waals surface area contributed by atoms with Gasteiger partial charge in [0.1, 0.15) is 5.82 Å². The van der Waals surface area contributed by atoms with Crippen LogP contribution in [0.4, 0.5) is 5.82 Å². The van der Waals surface area contributed by atoms with Crippen molar-refractivity contribution in [3.05, 3.63) is 42.5 Å². The van der Waals surface area contributed by atoms with E-state index in [2.05, 4.69) is 20.8 Å². The Hall–Kier alpha value is -2.18. The first-order valence-electron chi connectivity index (χ1n) is 8.88. The minimum Gasteiger partial charge on any atom is -0.367 e. The standard InChI is InChI=1S/C19H25N5O.ClH/c20-13-15-7-4-8-16(15)19(25)22-12-11-21-18-10-9-17(23-24-18)14-5-2-1-3-6-14;/h1-3,5-6,9-10,15-16H,4,7-8,11-13,20H2,(H,21,24)(H,22,25);1H/t15-,16-;/m1./s1. The smallest absolute Gasteiger partial charge is 0.223 e. The summed E-state index contributed by atoms with van der Waals surface area (Å²) in [6.45, 7) is 1.78. The van der Waals surface area contributed by atoms with Gasteiger partial charge in [0.05, 0.1) is 5.69 Å². The molecule has 140 valence electrons. The average Bonchev–Trinajstić information content (AvgIpc) is 3.15. The first kappa shape index (κ1) is 20.1. The van der Waals surface area contributed by atoms with Crippen molar-refractivity contribution in [2.75, 3.05) is 25.0 Å². The van der Waals surface area contributed by atoms with Crippen molar-refractivity contribution in [1.29, 1.82) is 0 Å².